The van der Waals surface area contributed by atoms with Gasteiger partial charge in [0.25, 0.3) is 0 Å². The molecule has 1 aliphatic rings. The van der Waals surface area contributed by atoms with Crippen LogP contribution in [0.3, 0.4) is 0 Å². The maximum absolute atomic E-state index is 9.13. The van der Waals surface area contributed by atoms with Gasteiger partial charge >= 0.3 is 0 Å². The molecule has 156 valence electrons. The van der Waals surface area contributed by atoms with Crippen molar-refractivity contribution in [3.63, 3.8) is 0 Å². The first kappa shape index (κ1) is 21.5. The molecule has 0 saturated carbocycles. The second kappa shape index (κ2) is 9.99. The van der Waals surface area contributed by atoms with Crippen LogP contribution in [0.2, 0.25) is 0 Å². The molecule has 2 N–H and O–H groups in total. The van der Waals surface area contributed by atoms with Crippen LogP contribution in [-0.4, -0.2) is 60.4 Å². The van der Waals surface area contributed by atoms with E-state index in [1.807, 2.05) is 38.1 Å². The Bertz CT molecular complexity index is 948. The predicted molar refractivity (Wildman–Crippen MR) is 121 cm³/mol. The van der Waals surface area contributed by atoms with Gasteiger partial charge < -0.3 is 10.6 Å². The van der Waals surface area contributed by atoms with E-state index in [2.05, 4.69) is 30.8 Å². The number of nitrogens with zero attached hydrogens (tertiary/aromatic N) is 6. The van der Waals surface area contributed by atoms with Gasteiger partial charge in [-0.25, -0.2) is 4.98 Å². The molecule has 1 aromatic carbocycles. The molecule has 0 spiro atoms. The number of piperazine rings is 1. The lowest BCUT2D eigenvalue weighted by molar-refractivity contribution is 0.280. The molecule has 3 rings (SSSR count). The molecule has 1 aromatic heterocycles. The van der Waals surface area contributed by atoms with Crippen molar-refractivity contribution in [2.75, 3.05) is 44.7 Å². The van der Waals surface area contributed by atoms with Crippen LogP contribution in [0.5, 0.6) is 0 Å². The van der Waals surface area contributed by atoms with Crippen molar-refractivity contribution >= 4 is 11.5 Å². The van der Waals surface area contributed by atoms with E-state index in [1.54, 1.807) is 25.6 Å². The minimum absolute atomic E-state index is 0.123. The van der Waals surface area contributed by atoms with Crippen LogP contribution in [0.25, 0.3) is 11.3 Å². The number of anilines is 1. The van der Waals surface area contributed by atoms with Gasteiger partial charge in [0, 0.05) is 75.2 Å². The van der Waals surface area contributed by atoms with E-state index in [1.165, 1.54) is 0 Å². The van der Waals surface area contributed by atoms with Crippen LogP contribution in [0.4, 0.5) is 5.82 Å². The van der Waals surface area contributed by atoms with E-state index >= 15 is 0 Å². The summed E-state index contributed by atoms with van der Waals surface area (Å²) in [5.74, 6) is 0.779. The standard InChI is InChI=1S/C23H29N7/c1-17(14-24)19-4-6-20(7-5-19)22-23(28-9-8-27-22)30-12-10-29(11-13-30)16-21(15-25)18(2)26-3/h4-9,15,17H,10-13,16,25H2,1-3H3/b21-15-,26-18?. The summed E-state index contributed by atoms with van der Waals surface area (Å²) >= 11 is 0. The molecule has 0 aliphatic carbocycles. The Balaban J connectivity index is 1.72. The minimum Gasteiger partial charge on any atom is -0.404 e. The molecule has 1 unspecified atom stereocenters. The maximum atomic E-state index is 9.13. The molecule has 1 aliphatic heterocycles. The van der Waals surface area contributed by atoms with Gasteiger partial charge in [-0.15, -0.1) is 0 Å². The Morgan fingerprint density at radius 2 is 1.87 bits per heavy atom. The zero-order valence-corrected chi connectivity index (χ0v) is 17.9. The van der Waals surface area contributed by atoms with Gasteiger partial charge in [-0.2, -0.15) is 5.26 Å². The molecule has 0 amide bonds. The quantitative estimate of drug-likeness (QED) is 0.746. The summed E-state index contributed by atoms with van der Waals surface area (Å²) < 4.78 is 0. The van der Waals surface area contributed by atoms with E-state index in [0.717, 1.165) is 66.6 Å². The summed E-state index contributed by atoms with van der Waals surface area (Å²) in [5.41, 5.74) is 10.7. The van der Waals surface area contributed by atoms with Gasteiger partial charge in [0.2, 0.25) is 0 Å². The zero-order valence-electron chi connectivity index (χ0n) is 17.9. The smallest absolute Gasteiger partial charge is 0.155 e. The van der Waals surface area contributed by atoms with Crippen LogP contribution in [0.1, 0.15) is 25.3 Å². The molecule has 2 aromatic rings. The first-order valence-electron chi connectivity index (χ1n) is 10.2. The number of aliphatic imine (C=N–C) groups is 1. The van der Waals surface area contributed by atoms with Crippen molar-refractivity contribution in [3.8, 4) is 17.3 Å². The summed E-state index contributed by atoms with van der Waals surface area (Å²) in [6.07, 6.45) is 5.13. The number of rotatable bonds is 6. The van der Waals surface area contributed by atoms with Gasteiger partial charge in [0.1, 0.15) is 5.69 Å². The third kappa shape index (κ3) is 4.84. The summed E-state index contributed by atoms with van der Waals surface area (Å²) in [4.78, 5) is 18.2. The van der Waals surface area contributed by atoms with Crippen molar-refractivity contribution in [1.82, 2.24) is 14.9 Å². The second-order valence-electron chi connectivity index (χ2n) is 7.47. The number of nitrogens with two attached hydrogens (primary N) is 1. The fourth-order valence-electron chi connectivity index (χ4n) is 3.56. The second-order valence-corrected chi connectivity index (χ2v) is 7.47. The molecule has 1 atom stereocenters. The number of hydrogen-bond donors (Lipinski definition) is 1. The summed E-state index contributed by atoms with van der Waals surface area (Å²) in [5, 5.41) is 9.13. The van der Waals surface area contributed by atoms with Crippen LogP contribution < -0.4 is 10.6 Å². The largest absolute Gasteiger partial charge is 0.404 e. The lowest BCUT2D eigenvalue weighted by Gasteiger charge is -2.36. The highest BCUT2D eigenvalue weighted by atomic mass is 15.3. The number of benzene rings is 1. The van der Waals surface area contributed by atoms with E-state index in [9.17, 15) is 0 Å². The Hall–Kier alpha value is -3.24. The van der Waals surface area contributed by atoms with Gasteiger partial charge in [0.15, 0.2) is 5.82 Å². The molecule has 1 fully saturated rings. The Kier molecular flexibility index (Phi) is 7.15. The first-order valence-corrected chi connectivity index (χ1v) is 10.2. The first-order chi connectivity index (χ1) is 14.6. The van der Waals surface area contributed by atoms with Crippen molar-refractivity contribution < 1.29 is 0 Å². The molecule has 7 nitrogen and oxygen atoms in total. The Morgan fingerprint density at radius 3 is 2.47 bits per heavy atom. The van der Waals surface area contributed by atoms with Crippen molar-refractivity contribution in [2.45, 2.75) is 19.8 Å². The fourth-order valence-corrected chi connectivity index (χ4v) is 3.56. The Labute approximate surface area is 178 Å². The molecule has 1 saturated heterocycles. The molecule has 0 bridgehead atoms. The van der Waals surface area contributed by atoms with Gasteiger partial charge in [-0.1, -0.05) is 24.3 Å². The molecular formula is C23H29N7. The zero-order chi connectivity index (χ0) is 21.5. The van der Waals surface area contributed by atoms with E-state index in [0.29, 0.717) is 0 Å². The molecule has 2 heterocycles. The third-order valence-corrected chi connectivity index (χ3v) is 5.62. The monoisotopic (exact) mass is 403 g/mol. The number of nitriles is 1. The molecule has 0 radical (unpaired) electrons. The van der Waals surface area contributed by atoms with Crippen molar-refractivity contribution in [3.05, 3.63) is 54.0 Å². The van der Waals surface area contributed by atoms with Crippen LogP contribution >= 0.6 is 0 Å². The SMILES string of the molecule is CN=C(C)/C(=C\N)CN1CCN(c2nccnc2-c2ccc(C(C)C#N)cc2)CC1. The number of aromatic nitrogens is 2. The number of hydrogen-bond acceptors (Lipinski definition) is 7. The summed E-state index contributed by atoms with van der Waals surface area (Å²) in [6, 6.07) is 10.3. The predicted octanol–water partition coefficient (Wildman–Crippen LogP) is 2.83. The lowest BCUT2D eigenvalue weighted by atomic mass is 10.00. The van der Waals surface area contributed by atoms with Crippen molar-refractivity contribution in [2.24, 2.45) is 10.7 Å². The third-order valence-electron chi connectivity index (χ3n) is 5.62. The van der Waals surface area contributed by atoms with Crippen LogP contribution in [0.15, 0.2) is 53.4 Å². The molecule has 30 heavy (non-hydrogen) atoms. The molecule has 7 heteroatoms. The highest BCUT2D eigenvalue weighted by Crippen LogP contribution is 2.28. The van der Waals surface area contributed by atoms with E-state index < -0.39 is 0 Å². The van der Waals surface area contributed by atoms with Gasteiger partial charge in [0.05, 0.1) is 12.0 Å². The topological polar surface area (TPSA) is 94.4 Å². The van der Waals surface area contributed by atoms with E-state index in [-0.39, 0.29) is 5.92 Å². The average Bonchev–Trinajstić information content (AvgIpc) is 2.82. The van der Waals surface area contributed by atoms with Crippen LogP contribution in [-0.2, 0) is 0 Å². The maximum Gasteiger partial charge on any atom is 0.155 e. The summed E-state index contributed by atoms with van der Waals surface area (Å²) in [6.45, 7) is 8.28. The van der Waals surface area contributed by atoms with Gasteiger partial charge in [-0.05, 0) is 19.4 Å². The van der Waals surface area contributed by atoms with Crippen molar-refractivity contribution in [1.29, 1.82) is 5.26 Å². The highest BCUT2D eigenvalue weighted by Gasteiger charge is 2.22. The van der Waals surface area contributed by atoms with E-state index in [4.69, 9.17) is 11.0 Å². The average molecular weight is 404 g/mol. The highest BCUT2D eigenvalue weighted by molar-refractivity contribution is 5.98. The molecular weight excluding hydrogens is 374 g/mol. The minimum atomic E-state index is -0.123. The lowest BCUT2D eigenvalue weighted by Crippen LogP contribution is -2.47. The normalized spacial score (nSPS) is 16.9. The van der Waals surface area contributed by atoms with Gasteiger partial charge in [-0.3, -0.25) is 14.9 Å². The summed E-state index contributed by atoms with van der Waals surface area (Å²) in [7, 11) is 1.79. The van der Waals surface area contributed by atoms with Crippen LogP contribution in [0, 0.1) is 11.3 Å². The fraction of sp³-hybridized carbons (Fsp3) is 0.391. The Morgan fingerprint density at radius 1 is 1.20 bits per heavy atom.